The van der Waals surface area contributed by atoms with E-state index in [-0.39, 0.29) is 11.9 Å². The second kappa shape index (κ2) is 11.2. The highest BCUT2D eigenvalue weighted by Gasteiger charge is 2.14. The third-order valence-electron chi connectivity index (χ3n) is 3.37. The lowest BCUT2D eigenvalue weighted by molar-refractivity contribution is -0.145. The molecular formula is C15H32N2O2. The first-order valence-electron chi connectivity index (χ1n) is 7.61. The first kappa shape index (κ1) is 18.4. The summed E-state index contributed by atoms with van der Waals surface area (Å²) < 4.78 is 5.27. The number of nitrogens with two attached hydrogens (primary N) is 1. The van der Waals surface area contributed by atoms with Crippen molar-refractivity contribution < 1.29 is 9.53 Å². The van der Waals surface area contributed by atoms with Gasteiger partial charge in [-0.3, -0.25) is 4.79 Å². The van der Waals surface area contributed by atoms with E-state index >= 15 is 0 Å². The van der Waals surface area contributed by atoms with E-state index in [1.807, 2.05) is 0 Å². The molecule has 4 nitrogen and oxygen atoms in total. The normalized spacial score (nSPS) is 13.0. The highest BCUT2D eigenvalue weighted by atomic mass is 16.5. The van der Waals surface area contributed by atoms with E-state index in [4.69, 9.17) is 10.5 Å². The fraction of sp³-hybridized carbons (Fsp3) is 0.933. The molecular weight excluding hydrogens is 240 g/mol. The van der Waals surface area contributed by atoms with Gasteiger partial charge >= 0.3 is 5.97 Å². The lowest BCUT2D eigenvalue weighted by Gasteiger charge is -2.18. The Hall–Kier alpha value is -0.610. The Kier molecular flexibility index (Phi) is 10.9. The number of esters is 1. The Morgan fingerprint density at radius 2 is 1.89 bits per heavy atom. The van der Waals surface area contributed by atoms with E-state index in [2.05, 4.69) is 32.6 Å². The molecule has 0 spiro atoms. The molecule has 0 aromatic carbocycles. The Morgan fingerprint density at radius 1 is 1.26 bits per heavy atom. The summed E-state index contributed by atoms with van der Waals surface area (Å²) in [6.45, 7) is 12.8. The molecule has 0 rings (SSSR count). The summed E-state index contributed by atoms with van der Waals surface area (Å²) in [7, 11) is 0. The molecule has 0 bridgehead atoms. The number of carbonyl (C=O) groups is 1. The third kappa shape index (κ3) is 9.91. The molecule has 0 unspecified atom stereocenters. The Morgan fingerprint density at radius 3 is 2.37 bits per heavy atom. The second-order valence-electron chi connectivity index (χ2n) is 5.54. The molecule has 0 fully saturated rings. The van der Waals surface area contributed by atoms with Gasteiger partial charge in [-0.15, -0.1) is 0 Å². The molecule has 4 heteroatoms. The minimum Gasteiger partial charge on any atom is -0.466 e. The van der Waals surface area contributed by atoms with Gasteiger partial charge in [-0.1, -0.05) is 27.7 Å². The maximum Gasteiger partial charge on any atom is 0.306 e. The summed E-state index contributed by atoms with van der Waals surface area (Å²) in [5, 5.41) is 0. The molecule has 114 valence electrons. The van der Waals surface area contributed by atoms with Gasteiger partial charge in [0, 0.05) is 13.0 Å². The van der Waals surface area contributed by atoms with Gasteiger partial charge in [-0.2, -0.15) is 0 Å². The molecule has 0 amide bonds. The topological polar surface area (TPSA) is 55.6 Å². The van der Waals surface area contributed by atoms with Gasteiger partial charge in [0.25, 0.3) is 0 Å². The lowest BCUT2D eigenvalue weighted by atomic mass is 9.94. The van der Waals surface area contributed by atoms with Gasteiger partial charge in [0.05, 0.1) is 6.61 Å². The highest BCUT2D eigenvalue weighted by molar-refractivity contribution is 5.69. The van der Waals surface area contributed by atoms with Crippen LogP contribution in [0.15, 0.2) is 0 Å². The van der Waals surface area contributed by atoms with Crippen molar-refractivity contribution in [2.45, 2.75) is 47.0 Å². The van der Waals surface area contributed by atoms with Crippen molar-refractivity contribution in [3.8, 4) is 0 Å². The van der Waals surface area contributed by atoms with Gasteiger partial charge in [0.2, 0.25) is 0 Å². The van der Waals surface area contributed by atoms with Gasteiger partial charge in [-0.05, 0) is 44.3 Å². The maximum atomic E-state index is 11.7. The van der Waals surface area contributed by atoms with Crippen LogP contribution in [0.1, 0.15) is 47.0 Å². The van der Waals surface area contributed by atoms with Crippen molar-refractivity contribution in [2.75, 3.05) is 32.8 Å². The first-order chi connectivity index (χ1) is 9.03. The average molecular weight is 272 g/mol. The Bertz CT molecular complexity index is 228. The summed E-state index contributed by atoms with van der Waals surface area (Å²) in [6.07, 6.45) is 2.36. The summed E-state index contributed by atoms with van der Waals surface area (Å²) >= 11 is 0. The molecule has 0 aromatic heterocycles. The van der Waals surface area contributed by atoms with Crippen molar-refractivity contribution in [3.63, 3.8) is 0 Å². The van der Waals surface area contributed by atoms with Crippen LogP contribution in [-0.2, 0) is 9.53 Å². The molecule has 0 aliphatic carbocycles. The van der Waals surface area contributed by atoms with E-state index in [9.17, 15) is 4.79 Å². The highest BCUT2D eigenvalue weighted by Crippen LogP contribution is 2.14. The van der Waals surface area contributed by atoms with Crippen LogP contribution in [-0.4, -0.2) is 43.7 Å². The number of carbonyl (C=O) groups excluding carboxylic acids is 1. The molecule has 0 aliphatic heterocycles. The molecule has 0 radical (unpaired) electrons. The van der Waals surface area contributed by atoms with Crippen LogP contribution in [0.25, 0.3) is 0 Å². The van der Waals surface area contributed by atoms with Crippen molar-refractivity contribution in [1.29, 1.82) is 0 Å². The minimum absolute atomic E-state index is 0.101. The SMILES string of the molecule is CCN(CC)CCCOC(=O)C[C@@H](CN)CC(C)C. The van der Waals surface area contributed by atoms with E-state index in [1.165, 1.54) is 0 Å². The smallest absolute Gasteiger partial charge is 0.306 e. The van der Waals surface area contributed by atoms with Gasteiger partial charge in [0.1, 0.15) is 0 Å². The molecule has 0 aromatic rings. The monoisotopic (exact) mass is 272 g/mol. The molecule has 19 heavy (non-hydrogen) atoms. The third-order valence-corrected chi connectivity index (χ3v) is 3.37. The van der Waals surface area contributed by atoms with Gasteiger partial charge in [0.15, 0.2) is 0 Å². The van der Waals surface area contributed by atoms with Gasteiger partial charge in [-0.25, -0.2) is 0 Å². The van der Waals surface area contributed by atoms with E-state index in [0.29, 0.717) is 25.5 Å². The lowest BCUT2D eigenvalue weighted by Crippen LogP contribution is -2.25. The van der Waals surface area contributed by atoms with Crippen LogP contribution in [0.2, 0.25) is 0 Å². The van der Waals surface area contributed by atoms with Crippen LogP contribution in [0, 0.1) is 11.8 Å². The fourth-order valence-corrected chi connectivity index (χ4v) is 2.24. The summed E-state index contributed by atoms with van der Waals surface area (Å²) in [5.74, 6) is 0.731. The minimum atomic E-state index is -0.101. The van der Waals surface area contributed by atoms with Crippen molar-refractivity contribution >= 4 is 5.97 Å². The molecule has 0 saturated carbocycles. The number of ether oxygens (including phenoxy) is 1. The molecule has 0 heterocycles. The Labute approximate surface area is 118 Å². The molecule has 0 saturated heterocycles. The van der Waals surface area contributed by atoms with Crippen LogP contribution in [0.4, 0.5) is 0 Å². The van der Waals surface area contributed by atoms with Crippen LogP contribution >= 0.6 is 0 Å². The summed E-state index contributed by atoms with van der Waals surface area (Å²) in [4.78, 5) is 14.0. The quantitative estimate of drug-likeness (QED) is 0.463. The predicted octanol–water partition coefficient (Wildman–Crippen LogP) is 2.27. The summed E-state index contributed by atoms with van der Waals surface area (Å²) in [6, 6.07) is 0. The van der Waals surface area contributed by atoms with E-state index in [0.717, 1.165) is 32.5 Å². The average Bonchev–Trinajstić information content (AvgIpc) is 2.37. The fourth-order valence-electron chi connectivity index (χ4n) is 2.24. The molecule has 1 atom stereocenters. The number of rotatable bonds is 11. The number of hydrogen-bond acceptors (Lipinski definition) is 4. The van der Waals surface area contributed by atoms with E-state index < -0.39 is 0 Å². The molecule has 2 N–H and O–H groups in total. The van der Waals surface area contributed by atoms with E-state index in [1.54, 1.807) is 0 Å². The zero-order valence-corrected chi connectivity index (χ0v) is 13.2. The number of nitrogens with zero attached hydrogens (tertiary/aromatic N) is 1. The van der Waals surface area contributed by atoms with Crippen LogP contribution < -0.4 is 5.73 Å². The van der Waals surface area contributed by atoms with Gasteiger partial charge < -0.3 is 15.4 Å². The van der Waals surface area contributed by atoms with Crippen molar-refractivity contribution in [1.82, 2.24) is 4.90 Å². The van der Waals surface area contributed by atoms with Crippen molar-refractivity contribution in [2.24, 2.45) is 17.6 Å². The maximum absolute atomic E-state index is 11.7. The standard InChI is InChI=1S/C15H32N2O2/c1-5-17(6-2)8-7-9-19-15(18)11-14(12-16)10-13(3)4/h13-14H,5-12,16H2,1-4H3/t14-/m0/s1. The largest absolute Gasteiger partial charge is 0.466 e. The van der Waals surface area contributed by atoms with Crippen molar-refractivity contribution in [3.05, 3.63) is 0 Å². The number of hydrogen-bond donors (Lipinski definition) is 1. The molecule has 0 aliphatic rings. The zero-order valence-electron chi connectivity index (χ0n) is 13.2. The van der Waals surface area contributed by atoms with Crippen LogP contribution in [0.5, 0.6) is 0 Å². The zero-order chi connectivity index (χ0) is 14.7. The Balaban J connectivity index is 3.73. The second-order valence-corrected chi connectivity index (χ2v) is 5.54. The summed E-state index contributed by atoms with van der Waals surface area (Å²) in [5.41, 5.74) is 5.69. The predicted molar refractivity (Wildman–Crippen MR) is 80.0 cm³/mol. The first-order valence-corrected chi connectivity index (χ1v) is 7.61. The van der Waals surface area contributed by atoms with Crippen LogP contribution in [0.3, 0.4) is 0 Å².